The summed E-state index contributed by atoms with van der Waals surface area (Å²) < 4.78 is 30.1. The van der Waals surface area contributed by atoms with Gasteiger partial charge in [-0.15, -0.1) is 0 Å². The Morgan fingerprint density at radius 2 is 1.94 bits per heavy atom. The van der Waals surface area contributed by atoms with Crippen molar-refractivity contribution in [3.05, 3.63) is 94.3 Å². The van der Waals surface area contributed by atoms with E-state index in [1.165, 1.54) is 20.3 Å². The zero-order valence-electron chi connectivity index (χ0n) is 19.9. The number of rotatable bonds is 7. The van der Waals surface area contributed by atoms with E-state index >= 15 is 0 Å². The third kappa shape index (κ3) is 4.92. The maximum atomic E-state index is 13.8. The first-order chi connectivity index (χ1) is 16.4. The molecule has 4 rings (SSSR count). The average Bonchev–Trinajstić information content (AvgIpc) is 2.86. The fourth-order valence-electron chi connectivity index (χ4n) is 4.55. The maximum Gasteiger partial charge on any atom is 0.338 e. The van der Waals surface area contributed by atoms with Crippen LogP contribution in [0.25, 0.3) is 0 Å². The predicted octanol–water partition coefficient (Wildman–Crippen LogP) is 5.56. The predicted molar refractivity (Wildman–Crippen MR) is 129 cm³/mol. The van der Waals surface area contributed by atoms with Crippen LogP contribution in [-0.2, 0) is 4.74 Å². The molecule has 0 aliphatic carbocycles. The number of fused-ring (bicyclic) bond motifs is 1. The number of methoxy groups -OCH3 is 2. The lowest BCUT2D eigenvalue weighted by Crippen LogP contribution is -2.37. The number of halogens is 1. The van der Waals surface area contributed by atoms with Gasteiger partial charge in [-0.3, -0.25) is 0 Å². The number of benzene rings is 3. The summed E-state index contributed by atoms with van der Waals surface area (Å²) in [4.78, 5) is 12.0. The van der Waals surface area contributed by atoms with E-state index in [0.717, 1.165) is 34.4 Å². The number of carbonyl (C=O) groups is 1. The molecule has 3 atom stereocenters. The number of esters is 1. The van der Waals surface area contributed by atoms with Crippen molar-refractivity contribution in [1.82, 2.24) is 5.32 Å². The third-order valence-corrected chi connectivity index (χ3v) is 6.47. The summed E-state index contributed by atoms with van der Waals surface area (Å²) in [5, 5.41) is 3.52. The molecule has 0 saturated heterocycles. The number of para-hydroxylation sites is 1. The second-order valence-corrected chi connectivity index (χ2v) is 8.66. The summed E-state index contributed by atoms with van der Waals surface area (Å²) in [5.74, 6) is 0.548. The molecule has 0 radical (unpaired) electrons. The lowest BCUT2D eigenvalue weighted by Gasteiger charge is -2.33. The molecule has 3 aromatic carbocycles. The fraction of sp³-hybridized carbons (Fsp3) is 0.321. The van der Waals surface area contributed by atoms with Crippen LogP contribution < -0.4 is 14.8 Å². The van der Waals surface area contributed by atoms with Crippen molar-refractivity contribution in [3.63, 3.8) is 0 Å². The van der Waals surface area contributed by atoms with Gasteiger partial charge < -0.3 is 19.5 Å². The molecule has 5 nitrogen and oxygen atoms in total. The van der Waals surface area contributed by atoms with Gasteiger partial charge in [-0.05, 0) is 61.2 Å². The lowest BCUT2D eigenvalue weighted by molar-refractivity contribution is 0.0600. The largest absolute Gasteiger partial charge is 0.494 e. The summed E-state index contributed by atoms with van der Waals surface area (Å²) in [6, 6.07) is 18.9. The summed E-state index contributed by atoms with van der Waals surface area (Å²) in [7, 11) is 2.86. The molecule has 0 bridgehead atoms. The molecule has 1 unspecified atom stereocenters. The second-order valence-electron chi connectivity index (χ2n) is 8.66. The van der Waals surface area contributed by atoms with Gasteiger partial charge in [-0.25, -0.2) is 9.18 Å². The van der Waals surface area contributed by atoms with Gasteiger partial charge in [-0.1, -0.05) is 36.4 Å². The van der Waals surface area contributed by atoms with Crippen LogP contribution >= 0.6 is 0 Å². The van der Waals surface area contributed by atoms with Crippen LogP contribution in [0.2, 0.25) is 0 Å². The quantitative estimate of drug-likeness (QED) is 0.465. The van der Waals surface area contributed by atoms with Gasteiger partial charge in [0.15, 0.2) is 11.6 Å². The molecule has 178 valence electrons. The minimum atomic E-state index is -0.373. The van der Waals surface area contributed by atoms with Crippen molar-refractivity contribution in [1.29, 1.82) is 0 Å². The lowest BCUT2D eigenvalue weighted by atomic mass is 9.83. The summed E-state index contributed by atoms with van der Waals surface area (Å²) in [6.45, 7) is 4.60. The fourth-order valence-corrected chi connectivity index (χ4v) is 4.55. The summed E-state index contributed by atoms with van der Waals surface area (Å²) in [5.41, 5.74) is 4.69. The van der Waals surface area contributed by atoms with Crippen molar-refractivity contribution in [2.75, 3.05) is 20.8 Å². The minimum Gasteiger partial charge on any atom is -0.494 e. The normalized spacial score (nSPS) is 17.9. The second kappa shape index (κ2) is 10.3. The van der Waals surface area contributed by atoms with E-state index in [9.17, 15) is 9.18 Å². The molecular weight excluding hydrogens is 433 g/mol. The van der Waals surface area contributed by atoms with Gasteiger partial charge in [0.05, 0.1) is 19.8 Å². The first kappa shape index (κ1) is 23.8. The van der Waals surface area contributed by atoms with Crippen LogP contribution in [0.5, 0.6) is 11.5 Å². The van der Waals surface area contributed by atoms with Crippen LogP contribution in [0.15, 0.2) is 60.7 Å². The molecule has 1 heterocycles. The van der Waals surface area contributed by atoms with Crippen LogP contribution in [0.4, 0.5) is 4.39 Å². The highest BCUT2D eigenvalue weighted by atomic mass is 19.1. The maximum absolute atomic E-state index is 13.8. The Labute approximate surface area is 199 Å². The summed E-state index contributed by atoms with van der Waals surface area (Å²) >= 11 is 0. The highest BCUT2D eigenvalue weighted by Gasteiger charge is 2.30. The smallest absolute Gasteiger partial charge is 0.338 e. The Hall–Kier alpha value is -3.38. The zero-order valence-corrected chi connectivity index (χ0v) is 19.9. The van der Waals surface area contributed by atoms with E-state index in [2.05, 4.69) is 17.4 Å². The Morgan fingerprint density at radius 1 is 1.15 bits per heavy atom. The number of hydrogen-bond donors (Lipinski definition) is 1. The first-order valence-electron chi connectivity index (χ1n) is 11.4. The monoisotopic (exact) mass is 463 g/mol. The standard InChI is InChI=1S/C28H30FNO4/c1-17-13-20(9-11-22(17)28(31)33-4)24-15-21(34-26-8-6-5-7-23(24)26)16-30-18(2)19-10-12-25(29)27(14-19)32-3/h5-14,18,21,24,30H,15-16H2,1-4H3/t18-,21-,24?/m1/s1. The Kier molecular flexibility index (Phi) is 7.17. The van der Waals surface area contributed by atoms with Crippen molar-refractivity contribution in [2.45, 2.75) is 38.3 Å². The number of aryl methyl sites for hydroxylation is 1. The minimum absolute atomic E-state index is 0.00435. The van der Waals surface area contributed by atoms with E-state index in [1.807, 2.05) is 44.2 Å². The highest BCUT2D eigenvalue weighted by molar-refractivity contribution is 5.91. The van der Waals surface area contributed by atoms with Crippen molar-refractivity contribution >= 4 is 5.97 Å². The molecule has 0 spiro atoms. The first-order valence-corrected chi connectivity index (χ1v) is 11.4. The van der Waals surface area contributed by atoms with E-state index < -0.39 is 0 Å². The Morgan fingerprint density at radius 3 is 2.68 bits per heavy atom. The van der Waals surface area contributed by atoms with Crippen LogP contribution in [0.3, 0.4) is 0 Å². The molecule has 6 heteroatoms. The molecular formula is C28H30FNO4. The number of carbonyl (C=O) groups excluding carboxylic acids is 1. The van der Waals surface area contributed by atoms with Crippen LogP contribution in [0, 0.1) is 12.7 Å². The van der Waals surface area contributed by atoms with E-state index in [1.54, 1.807) is 12.1 Å². The van der Waals surface area contributed by atoms with Gasteiger partial charge in [0.25, 0.3) is 0 Å². The average molecular weight is 464 g/mol. The highest BCUT2D eigenvalue weighted by Crippen LogP contribution is 2.40. The Bertz CT molecular complexity index is 1180. The van der Waals surface area contributed by atoms with Gasteiger partial charge in [0, 0.05) is 24.1 Å². The van der Waals surface area contributed by atoms with E-state index in [0.29, 0.717) is 12.1 Å². The molecule has 1 N–H and O–H groups in total. The van der Waals surface area contributed by atoms with Gasteiger partial charge in [-0.2, -0.15) is 0 Å². The number of hydrogen-bond acceptors (Lipinski definition) is 5. The zero-order chi connectivity index (χ0) is 24.2. The molecule has 1 aliphatic heterocycles. The molecule has 3 aromatic rings. The molecule has 0 fully saturated rings. The van der Waals surface area contributed by atoms with Crippen molar-refractivity contribution in [3.8, 4) is 11.5 Å². The van der Waals surface area contributed by atoms with Crippen molar-refractivity contribution in [2.24, 2.45) is 0 Å². The number of nitrogens with one attached hydrogen (secondary N) is 1. The molecule has 0 aromatic heterocycles. The van der Waals surface area contributed by atoms with Crippen LogP contribution in [-0.4, -0.2) is 32.8 Å². The molecule has 1 aliphatic rings. The summed E-state index contributed by atoms with van der Waals surface area (Å²) in [6.07, 6.45) is 0.741. The van der Waals surface area contributed by atoms with E-state index in [4.69, 9.17) is 14.2 Å². The van der Waals surface area contributed by atoms with Gasteiger partial charge in [0.1, 0.15) is 11.9 Å². The van der Waals surface area contributed by atoms with Crippen molar-refractivity contribution < 1.29 is 23.4 Å². The van der Waals surface area contributed by atoms with Gasteiger partial charge in [0.2, 0.25) is 0 Å². The van der Waals surface area contributed by atoms with Gasteiger partial charge >= 0.3 is 5.97 Å². The van der Waals surface area contributed by atoms with E-state index in [-0.39, 0.29) is 35.6 Å². The molecule has 34 heavy (non-hydrogen) atoms. The SMILES string of the molecule is COC(=O)c1ccc(C2C[C@H](CN[C@H](C)c3ccc(F)c(OC)c3)Oc3ccccc32)cc1C. The molecule has 0 saturated carbocycles. The topological polar surface area (TPSA) is 56.8 Å². The number of ether oxygens (including phenoxy) is 3. The van der Waals surface area contributed by atoms with Crippen LogP contribution in [0.1, 0.15) is 57.9 Å². The third-order valence-electron chi connectivity index (χ3n) is 6.47. The Balaban J connectivity index is 1.53. The molecule has 0 amide bonds.